The van der Waals surface area contributed by atoms with Crippen LogP contribution in [0.1, 0.15) is 87.0 Å². The molecule has 1 fully saturated rings. The Labute approximate surface area is 182 Å². The van der Waals surface area contributed by atoms with Crippen LogP contribution in [0.4, 0.5) is 0 Å². The van der Waals surface area contributed by atoms with E-state index in [0.717, 1.165) is 32.1 Å². The van der Waals surface area contributed by atoms with E-state index in [1.165, 1.54) is 23.1 Å². The molecule has 1 aliphatic heterocycles. The van der Waals surface area contributed by atoms with E-state index in [1.54, 1.807) is 0 Å². The molecule has 1 saturated heterocycles. The quantitative estimate of drug-likeness (QED) is 0.263. The molecule has 0 aromatic heterocycles. The third kappa shape index (κ3) is 6.42. The monoisotopic (exact) mass is 418 g/mol. The van der Waals surface area contributed by atoms with Crippen molar-refractivity contribution in [2.24, 2.45) is 5.92 Å². The summed E-state index contributed by atoms with van der Waals surface area (Å²) in [5.74, 6) is 0.347. The molecule has 1 aliphatic carbocycles. The van der Waals surface area contributed by atoms with Gasteiger partial charge in [0, 0.05) is 5.92 Å². The van der Waals surface area contributed by atoms with Crippen LogP contribution < -0.4 is 0 Å². The van der Waals surface area contributed by atoms with Crippen LogP contribution in [0.15, 0.2) is 35.5 Å². The van der Waals surface area contributed by atoms with E-state index in [9.17, 15) is 0 Å². The van der Waals surface area contributed by atoms with Gasteiger partial charge >= 0.3 is 0 Å². The van der Waals surface area contributed by atoms with Crippen LogP contribution in [0.25, 0.3) is 0 Å². The normalized spacial score (nSPS) is 36.1. The van der Waals surface area contributed by atoms with Crippen LogP contribution >= 0.6 is 0 Å². The fourth-order valence-electron chi connectivity index (χ4n) is 4.17. The molecule has 0 spiro atoms. The molecule has 29 heavy (non-hydrogen) atoms. The number of epoxide rings is 1. The topological polar surface area (TPSA) is 21.8 Å². The molecular weight excluding hydrogens is 372 g/mol. The van der Waals surface area contributed by atoms with Crippen LogP contribution in [0.5, 0.6) is 0 Å². The molecule has 3 heteroatoms. The van der Waals surface area contributed by atoms with Gasteiger partial charge < -0.3 is 9.16 Å². The van der Waals surface area contributed by atoms with Crippen molar-refractivity contribution in [3.63, 3.8) is 0 Å². The van der Waals surface area contributed by atoms with Crippen molar-refractivity contribution >= 4 is 8.32 Å². The minimum absolute atomic E-state index is 0.0630. The smallest absolute Gasteiger partial charge is 0.192 e. The average Bonchev–Trinajstić information content (AvgIpc) is 3.23. The Hall–Kier alpha value is -0.643. The summed E-state index contributed by atoms with van der Waals surface area (Å²) < 4.78 is 13.5. The van der Waals surface area contributed by atoms with Crippen LogP contribution in [0, 0.1) is 5.92 Å². The zero-order valence-electron chi connectivity index (χ0n) is 20.7. The molecular formula is C26H46O2Si. The second-order valence-electron chi connectivity index (χ2n) is 11.4. The van der Waals surface area contributed by atoms with Crippen LogP contribution in [0.2, 0.25) is 18.1 Å². The molecule has 2 aliphatic rings. The zero-order valence-corrected chi connectivity index (χ0v) is 21.7. The van der Waals surface area contributed by atoms with Gasteiger partial charge in [-0.1, -0.05) is 56.2 Å². The van der Waals surface area contributed by atoms with Crippen molar-refractivity contribution in [2.45, 2.75) is 123 Å². The highest BCUT2D eigenvalue weighted by atomic mass is 28.4. The second kappa shape index (κ2) is 9.24. The van der Waals surface area contributed by atoms with Gasteiger partial charge in [0.1, 0.15) is 6.10 Å². The van der Waals surface area contributed by atoms with Crippen LogP contribution in [-0.2, 0) is 9.16 Å². The van der Waals surface area contributed by atoms with E-state index in [4.69, 9.17) is 9.16 Å². The molecule has 0 aromatic rings. The van der Waals surface area contributed by atoms with Gasteiger partial charge in [0.2, 0.25) is 0 Å². The Morgan fingerprint density at radius 3 is 2.31 bits per heavy atom. The fraction of sp³-hybridized carbons (Fsp3) is 0.769. The minimum Gasteiger partial charge on any atom is -0.411 e. The van der Waals surface area contributed by atoms with Crippen molar-refractivity contribution in [1.82, 2.24) is 0 Å². The Morgan fingerprint density at radius 1 is 1.14 bits per heavy atom. The summed E-state index contributed by atoms with van der Waals surface area (Å²) in [6.45, 7) is 25.1. The summed E-state index contributed by atoms with van der Waals surface area (Å²) in [5, 5.41) is 0.187. The summed E-state index contributed by atoms with van der Waals surface area (Å²) >= 11 is 0. The van der Waals surface area contributed by atoms with E-state index in [0.29, 0.717) is 5.92 Å². The number of hydrogen-bond acceptors (Lipinski definition) is 2. The van der Waals surface area contributed by atoms with Gasteiger partial charge in [-0.15, -0.1) is 0 Å². The zero-order chi connectivity index (χ0) is 22.0. The maximum absolute atomic E-state index is 7.07. The molecule has 0 aromatic carbocycles. The molecule has 2 nitrogen and oxygen atoms in total. The molecule has 0 bridgehead atoms. The molecule has 2 rings (SSSR count). The van der Waals surface area contributed by atoms with Crippen molar-refractivity contribution in [3.8, 4) is 0 Å². The van der Waals surface area contributed by atoms with Gasteiger partial charge in [-0.2, -0.15) is 0 Å². The largest absolute Gasteiger partial charge is 0.411 e. The Bertz CT molecular complexity index is 652. The van der Waals surface area contributed by atoms with Crippen LogP contribution in [0.3, 0.4) is 0 Å². The van der Waals surface area contributed by atoms with E-state index in [-0.39, 0.29) is 22.8 Å². The molecule has 0 N–H and O–H groups in total. The van der Waals surface area contributed by atoms with Crippen molar-refractivity contribution in [1.29, 1.82) is 0 Å². The predicted octanol–water partition coefficient (Wildman–Crippen LogP) is 7.97. The highest BCUT2D eigenvalue weighted by Crippen LogP contribution is 2.49. The number of allylic oxidation sites excluding steroid dienone is 4. The van der Waals surface area contributed by atoms with Crippen molar-refractivity contribution in [2.75, 3.05) is 0 Å². The lowest BCUT2D eigenvalue weighted by Crippen LogP contribution is -2.48. The minimum atomic E-state index is -1.91. The molecule has 0 saturated carbocycles. The first-order chi connectivity index (χ1) is 13.3. The Kier molecular flexibility index (Phi) is 7.84. The second-order valence-corrected chi connectivity index (χ2v) is 16.1. The van der Waals surface area contributed by atoms with Gasteiger partial charge in [-0.25, -0.2) is 0 Å². The molecule has 0 amide bonds. The van der Waals surface area contributed by atoms with Crippen molar-refractivity contribution < 1.29 is 9.16 Å². The van der Waals surface area contributed by atoms with Gasteiger partial charge in [0.25, 0.3) is 0 Å². The highest BCUT2D eigenvalue weighted by molar-refractivity contribution is 6.74. The maximum atomic E-state index is 7.07. The van der Waals surface area contributed by atoms with E-state index in [1.807, 2.05) is 0 Å². The Morgan fingerprint density at radius 2 is 1.72 bits per heavy atom. The number of ether oxygens (including phenoxy) is 1. The standard InChI is InChI=1S/C26H46O2Si/c1-19(2)22-17-16-21(4)14-11-13-20(3)15-12-18-26(8)24(27-26)23(22)28-29(9,10)25(5,6)7/h14-15,22-24H,1,11-13,16-18H2,2-10H3/b20-15+,21-14+/t22?,23-,24+,26+/m1/s1. The summed E-state index contributed by atoms with van der Waals surface area (Å²) in [6, 6.07) is 0. The van der Waals surface area contributed by atoms with Gasteiger partial charge in [-0.3, -0.25) is 0 Å². The average molecular weight is 419 g/mol. The molecule has 1 heterocycles. The first-order valence-electron chi connectivity index (χ1n) is 11.6. The third-order valence-electron chi connectivity index (χ3n) is 7.52. The van der Waals surface area contributed by atoms with Gasteiger partial charge in [-0.05, 0) is 84.4 Å². The summed E-state index contributed by atoms with van der Waals surface area (Å²) in [4.78, 5) is 0. The first-order valence-corrected chi connectivity index (χ1v) is 14.5. The molecule has 4 atom stereocenters. The SMILES string of the molecule is C=C(C)C1CC/C(C)=C/CC/C(C)=C/CC[C@]2(C)O[C@H]2[C@@H]1O[Si](C)(C)C(C)(C)C. The fourth-order valence-corrected chi connectivity index (χ4v) is 5.50. The number of rotatable bonds is 3. The highest BCUT2D eigenvalue weighted by Gasteiger charge is 2.59. The number of fused-ring (bicyclic) bond motifs is 1. The summed E-state index contributed by atoms with van der Waals surface area (Å²) in [7, 11) is -1.91. The van der Waals surface area contributed by atoms with Gasteiger partial charge in [0.15, 0.2) is 8.32 Å². The summed E-state index contributed by atoms with van der Waals surface area (Å²) in [6.07, 6.45) is 11.8. The molecule has 166 valence electrons. The first kappa shape index (κ1) is 24.6. The van der Waals surface area contributed by atoms with E-state index >= 15 is 0 Å². The van der Waals surface area contributed by atoms with Gasteiger partial charge in [0.05, 0.1) is 11.7 Å². The van der Waals surface area contributed by atoms with E-state index in [2.05, 4.69) is 80.3 Å². The molecule has 1 unspecified atom stereocenters. The van der Waals surface area contributed by atoms with E-state index < -0.39 is 8.32 Å². The number of hydrogen-bond donors (Lipinski definition) is 0. The lowest BCUT2D eigenvalue weighted by atomic mass is 9.84. The lowest BCUT2D eigenvalue weighted by Gasteiger charge is -2.41. The summed E-state index contributed by atoms with van der Waals surface area (Å²) in [5.41, 5.74) is 4.17. The Balaban J connectivity index is 2.34. The lowest BCUT2D eigenvalue weighted by molar-refractivity contribution is 0.0969. The predicted molar refractivity (Wildman–Crippen MR) is 129 cm³/mol. The van der Waals surface area contributed by atoms with Crippen molar-refractivity contribution in [3.05, 3.63) is 35.5 Å². The van der Waals surface area contributed by atoms with Crippen LogP contribution in [-0.4, -0.2) is 26.1 Å². The molecule has 0 radical (unpaired) electrons. The maximum Gasteiger partial charge on any atom is 0.192 e. The third-order valence-corrected chi connectivity index (χ3v) is 12.0.